The highest BCUT2D eigenvalue weighted by molar-refractivity contribution is 6.03. The van der Waals surface area contributed by atoms with Crippen molar-refractivity contribution in [2.45, 2.75) is 13.8 Å². The number of anilines is 1. The molecule has 0 fully saturated rings. The van der Waals surface area contributed by atoms with Gasteiger partial charge in [-0.2, -0.15) is 0 Å². The van der Waals surface area contributed by atoms with Crippen LogP contribution in [-0.2, 0) is 0 Å². The zero-order valence-corrected chi connectivity index (χ0v) is 10.2. The Balaban J connectivity index is 2.16. The molecule has 1 amide bonds. The largest absolute Gasteiger partial charge is 0.288 e. The Hall–Kier alpha value is -2.50. The lowest BCUT2D eigenvalue weighted by atomic mass is 10.1. The van der Waals surface area contributed by atoms with Crippen LogP contribution in [0.4, 0.5) is 5.95 Å². The van der Waals surface area contributed by atoms with E-state index in [1.807, 2.05) is 26.0 Å². The molecule has 6 nitrogen and oxygen atoms in total. The van der Waals surface area contributed by atoms with E-state index in [-0.39, 0.29) is 11.9 Å². The molecule has 2 aromatic rings. The van der Waals surface area contributed by atoms with Crippen LogP contribution in [0.1, 0.15) is 21.5 Å². The minimum Gasteiger partial charge on any atom is -0.288 e. The number of aromatic nitrogens is 4. The Labute approximate surface area is 104 Å². The zero-order chi connectivity index (χ0) is 13.1. The van der Waals surface area contributed by atoms with Crippen LogP contribution in [0.25, 0.3) is 6.20 Å². The van der Waals surface area contributed by atoms with E-state index in [1.54, 1.807) is 6.07 Å². The first-order chi connectivity index (χ1) is 8.60. The fraction of sp³-hybridized carbons (Fsp3) is 0.167. The van der Waals surface area contributed by atoms with Gasteiger partial charge >= 0.3 is 0 Å². The summed E-state index contributed by atoms with van der Waals surface area (Å²) in [5.74, 6) is -0.111. The molecule has 0 radical (unpaired) electrons. The number of carbonyl (C=O) groups excluding carboxylic acids is 1. The molecule has 0 bridgehead atoms. The molecule has 0 spiro atoms. The summed E-state index contributed by atoms with van der Waals surface area (Å²) in [6.45, 7) is 7.44. The van der Waals surface area contributed by atoms with Crippen molar-refractivity contribution in [3.05, 3.63) is 41.5 Å². The Morgan fingerprint density at radius 1 is 1.39 bits per heavy atom. The monoisotopic (exact) mass is 243 g/mol. The van der Waals surface area contributed by atoms with E-state index in [4.69, 9.17) is 0 Å². The number of nitrogens with zero attached hydrogens (tertiary/aromatic N) is 4. The molecule has 0 aliphatic heterocycles. The minimum absolute atomic E-state index is 0.151. The molecule has 1 N–H and O–H groups in total. The predicted octanol–water partition coefficient (Wildman–Crippen LogP) is 1.64. The number of hydrogen-bond acceptors (Lipinski definition) is 4. The molecule has 92 valence electrons. The Morgan fingerprint density at radius 2 is 2.17 bits per heavy atom. The molecule has 0 saturated heterocycles. The highest BCUT2D eigenvalue weighted by atomic mass is 16.1. The number of aryl methyl sites for hydroxylation is 2. The molecular formula is C12H13N5O. The molecule has 2 rings (SSSR count). The van der Waals surface area contributed by atoms with Crippen molar-refractivity contribution in [3.8, 4) is 0 Å². The summed E-state index contributed by atoms with van der Waals surface area (Å²) in [7, 11) is 0. The normalized spacial score (nSPS) is 10.1. The third-order valence-corrected chi connectivity index (χ3v) is 2.59. The molecule has 0 aliphatic rings. The number of hydrogen-bond donors (Lipinski definition) is 1. The van der Waals surface area contributed by atoms with Gasteiger partial charge in [0.25, 0.3) is 11.9 Å². The van der Waals surface area contributed by atoms with Crippen molar-refractivity contribution in [3.63, 3.8) is 0 Å². The van der Waals surface area contributed by atoms with E-state index >= 15 is 0 Å². The molecule has 6 heteroatoms. The van der Waals surface area contributed by atoms with Gasteiger partial charge in [-0.25, -0.2) is 0 Å². The maximum Gasteiger partial charge on any atom is 0.270 e. The van der Waals surface area contributed by atoms with Crippen LogP contribution in [0.15, 0.2) is 24.8 Å². The quantitative estimate of drug-likeness (QED) is 0.889. The van der Waals surface area contributed by atoms with Crippen molar-refractivity contribution in [2.75, 3.05) is 5.32 Å². The fourth-order valence-corrected chi connectivity index (χ4v) is 1.41. The molecule has 1 aromatic heterocycles. The average Bonchev–Trinajstić information content (AvgIpc) is 2.80. The summed E-state index contributed by atoms with van der Waals surface area (Å²) in [4.78, 5) is 13.1. The minimum atomic E-state index is -0.262. The van der Waals surface area contributed by atoms with Gasteiger partial charge in [0.1, 0.15) is 0 Å². The molecular weight excluding hydrogens is 230 g/mol. The summed E-state index contributed by atoms with van der Waals surface area (Å²) in [6, 6.07) is 5.48. The highest BCUT2D eigenvalue weighted by Gasteiger charge is 2.10. The van der Waals surface area contributed by atoms with Gasteiger partial charge < -0.3 is 0 Å². The molecule has 0 atom stereocenters. The Bertz CT molecular complexity index is 602. The lowest BCUT2D eigenvalue weighted by Gasteiger charge is -2.04. The van der Waals surface area contributed by atoms with E-state index in [1.165, 1.54) is 11.0 Å². The van der Waals surface area contributed by atoms with E-state index in [2.05, 4.69) is 27.3 Å². The van der Waals surface area contributed by atoms with Crippen LogP contribution in [0.2, 0.25) is 0 Å². The van der Waals surface area contributed by atoms with Gasteiger partial charge in [0.2, 0.25) is 0 Å². The van der Waals surface area contributed by atoms with Crippen molar-refractivity contribution in [1.82, 2.24) is 20.2 Å². The van der Waals surface area contributed by atoms with Crippen molar-refractivity contribution in [2.24, 2.45) is 0 Å². The van der Waals surface area contributed by atoms with Crippen LogP contribution in [0.5, 0.6) is 0 Å². The lowest BCUT2D eigenvalue weighted by molar-refractivity contribution is 0.102. The van der Waals surface area contributed by atoms with Crippen LogP contribution in [0.3, 0.4) is 0 Å². The van der Waals surface area contributed by atoms with Gasteiger partial charge in [0.15, 0.2) is 0 Å². The maximum atomic E-state index is 11.9. The van der Waals surface area contributed by atoms with Crippen LogP contribution >= 0.6 is 0 Å². The summed E-state index contributed by atoms with van der Waals surface area (Å²) in [5.41, 5.74) is 2.76. The average molecular weight is 243 g/mol. The summed E-state index contributed by atoms with van der Waals surface area (Å²) in [6.07, 6.45) is 1.39. The van der Waals surface area contributed by atoms with Gasteiger partial charge in [-0.05, 0) is 42.3 Å². The molecule has 0 aliphatic carbocycles. The predicted molar refractivity (Wildman–Crippen MR) is 68.1 cm³/mol. The summed E-state index contributed by atoms with van der Waals surface area (Å²) < 4.78 is 0. The number of rotatable bonds is 3. The molecule has 18 heavy (non-hydrogen) atoms. The van der Waals surface area contributed by atoms with Crippen LogP contribution in [0, 0.1) is 13.8 Å². The molecule has 0 saturated carbocycles. The number of benzene rings is 1. The first kappa shape index (κ1) is 12.0. The molecule has 1 aromatic carbocycles. The van der Waals surface area contributed by atoms with Gasteiger partial charge in [-0.3, -0.25) is 10.1 Å². The van der Waals surface area contributed by atoms with Crippen LogP contribution in [-0.4, -0.2) is 26.1 Å². The summed E-state index contributed by atoms with van der Waals surface area (Å²) in [5, 5.41) is 13.8. The second kappa shape index (κ2) is 4.79. The first-order valence-electron chi connectivity index (χ1n) is 5.41. The topological polar surface area (TPSA) is 72.7 Å². The SMILES string of the molecule is C=Cn1nnc(NC(=O)c2ccc(C)c(C)c2)n1. The second-order valence-electron chi connectivity index (χ2n) is 3.87. The standard InChI is InChI=1S/C12H13N5O/c1-4-17-15-12(14-16-17)13-11(18)10-6-5-8(2)9(3)7-10/h4-7H,1H2,2-3H3,(H,13,15,18). The third-order valence-electron chi connectivity index (χ3n) is 2.59. The lowest BCUT2D eigenvalue weighted by Crippen LogP contribution is -2.13. The van der Waals surface area contributed by atoms with Gasteiger partial charge in [-0.1, -0.05) is 17.7 Å². The number of carbonyl (C=O) groups is 1. The summed E-state index contributed by atoms with van der Waals surface area (Å²) >= 11 is 0. The van der Waals surface area contributed by atoms with E-state index in [9.17, 15) is 4.79 Å². The highest BCUT2D eigenvalue weighted by Crippen LogP contribution is 2.10. The van der Waals surface area contributed by atoms with Gasteiger partial charge in [0, 0.05) is 11.8 Å². The molecule has 1 heterocycles. The zero-order valence-electron chi connectivity index (χ0n) is 10.2. The maximum absolute atomic E-state index is 11.9. The van der Waals surface area contributed by atoms with E-state index in [0.29, 0.717) is 5.56 Å². The smallest absolute Gasteiger partial charge is 0.270 e. The van der Waals surface area contributed by atoms with E-state index in [0.717, 1.165) is 11.1 Å². The van der Waals surface area contributed by atoms with Crippen molar-refractivity contribution < 1.29 is 4.79 Å². The first-order valence-corrected chi connectivity index (χ1v) is 5.41. The fourth-order valence-electron chi connectivity index (χ4n) is 1.41. The molecule has 0 unspecified atom stereocenters. The van der Waals surface area contributed by atoms with Gasteiger partial charge in [-0.15, -0.1) is 9.90 Å². The Morgan fingerprint density at radius 3 is 2.78 bits per heavy atom. The van der Waals surface area contributed by atoms with Crippen molar-refractivity contribution >= 4 is 18.1 Å². The number of tetrazole rings is 1. The van der Waals surface area contributed by atoms with Crippen molar-refractivity contribution in [1.29, 1.82) is 0 Å². The van der Waals surface area contributed by atoms with Gasteiger partial charge in [0.05, 0.1) is 0 Å². The van der Waals surface area contributed by atoms with Crippen LogP contribution < -0.4 is 5.32 Å². The number of nitrogens with one attached hydrogen (secondary N) is 1. The third kappa shape index (κ3) is 2.42. The number of amides is 1. The Kier molecular flexibility index (Phi) is 3.18. The van der Waals surface area contributed by atoms with E-state index < -0.39 is 0 Å². The second-order valence-corrected chi connectivity index (χ2v) is 3.87.